The van der Waals surface area contributed by atoms with Crippen molar-refractivity contribution in [2.75, 3.05) is 20.3 Å². The Bertz CT molecular complexity index is 427. The number of esters is 1. The number of rotatable bonds is 7. The quantitative estimate of drug-likeness (QED) is 0.437. The molecule has 0 heterocycles. The van der Waals surface area contributed by atoms with Crippen LogP contribution in [0.1, 0.15) is 26.3 Å². The first kappa shape index (κ1) is 19.8. The molecule has 21 heavy (non-hydrogen) atoms. The highest BCUT2D eigenvalue weighted by Crippen LogP contribution is 2.21. The van der Waals surface area contributed by atoms with E-state index in [9.17, 15) is 9.36 Å². The van der Waals surface area contributed by atoms with Crippen molar-refractivity contribution in [3.8, 4) is 5.75 Å². The first-order valence-corrected chi connectivity index (χ1v) is 7.81. The molecule has 0 saturated carbocycles. The lowest BCUT2D eigenvalue weighted by molar-refractivity contribution is -0.131. The summed E-state index contributed by atoms with van der Waals surface area (Å²) in [5.41, 5.74) is 0.987. The van der Waals surface area contributed by atoms with Gasteiger partial charge in [0.05, 0.1) is 19.8 Å². The van der Waals surface area contributed by atoms with Crippen LogP contribution in [0.3, 0.4) is 0 Å². The third-order valence-electron chi connectivity index (χ3n) is 2.00. The number of carbonyl (C=O) groups is 1. The first-order chi connectivity index (χ1) is 10.0. The van der Waals surface area contributed by atoms with Crippen molar-refractivity contribution < 1.29 is 27.9 Å². The van der Waals surface area contributed by atoms with Gasteiger partial charge in [-0.2, -0.15) is 0 Å². The van der Waals surface area contributed by atoms with Crippen molar-refractivity contribution in [1.82, 2.24) is 0 Å². The molecule has 0 fully saturated rings. The molecule has 0 radical (unpaired) electrons. The molecule has 0 aromatic heterocycles. The zero-order valence-corrected chi connectivity index (χ0v) is 13.9. The van der Waals surface area contributed by atoms with Crippen molar-refractivity contribution in [2.24, 2.45) is 0 Å². The van der Waals surface area contributed by atoms with Gasteiger partial charge in [-0.25, -0.2) is 0 Å². The molecule has 0 aliphatic rings. The van der Waals surface area contributed by atoms with Crippen LogP contribution in [0, 0.1) is 0 Å². The highest BCUT2D eigenvalue weighted by Gasteiger charge is 1.98. The summed E-state index contributed by atoms with van der Waals surface area (Å²) >= 11 is 0. The Hall–Kier alpha value is -1.20. The minimum atomic E-state index is -2.14. The minimum Gasteiger partial charge on any atom is -0.427 e. The van der Waals surface area contributed by atoms with Crippen molar-refractivity contribution >= 4 is 14.2 Å². The van der Waals surface area contributed by atoms with Crippen molar-refractivity contribution in [3.05, 3.63) is 29.8 Å². The second-order valence-corrected chi connectivity index (χ2v) is 4.87. The highest BCUT2D eigenvalue weighted by atomic mass is 31.1. The van der Waals surface area contributed by atoms with Crippen molar-refractivity contribution in [2.45, 2.75) is 27.4 Å². The maximum absolute atomic E-state index is 10.6. The summed E-state index contributed by atoms with van der Waals surface area (Å²) in [4.78, 5) is 10.6. The summed E-state index contributed by atoms with van der Waals surface area (Å²) in [6.07, 6.45) is 0. The fourth-order valence-corrected chi connectivity index (χ4v) is 1.86. The van der Waals surface area contributed by atoms with Gasteiger partial charge in [0.25, 0.3) is 0 Å². The predicted octanol–water partition coefficient (Wildman–Crippen LogP) is 3.21. The molecule has 0 N–H and O–H groups in total. The van der Waals surface area contributed by atoms with Crippen LogP contribution in [0.4, 0.5) is 0 Å². The fraction of sp³-hybridized carbons (Fsp3) is 0.500. The third kappa shape index (κ3) is 11.2. The zero-order valence-electron chi connectivity index (χ0n) is 12.9. The Morgan fingerprint density at radius 2 is 1.81 bits per heavy atom. The van der Waals surface area contributed by atoms with E-state index in [-0.39, 0.29) is 5.97 Å². The van der Waals surface area contributed by atoms with E-state index in [1.165, 1.54) is 6.92 Å². The van der Waals surface area contributed by atoms with Crippen LogP contribution >= 0.6 is 8.25 Å². The molecule has 0 unspecified atom stereocenters. The number of methoxy groups -OCH3 is 1. The largest absolute Gasteiger partial charge is 0.427 e. The van der Waals surface area contributed by atoms with Crippen LogP contribution in [-0.2, 0) is 29.8 Å². The Morgan fingerprint density at radius 3 is 2.29 bits per heavy atom. The number of hydrogen-bond acceptors (Lipinski definition) is 6. The number of benzene rings is 1. The van der Waals surface area contributed by atoms with Gasteiger partial charge in [0.2, 0.25) is 0 Å². The molecule has 1 aromatic carbocycles. The molecule has 0 bridgehead atoms. The Kier molecular flexibility index (Phi) is 11.8. The topological polar surface area (TPSA) is 71.1 Å². The maximum atomic E-state index is 10.6. The summed E-state index contributed by atoms with van der Waals surface area (Å²) < 4.78 is 29.5. The molecule has 7 heteroatoms. The Labute approximate surface area is 126 Å². The second kappa shape index (κ2) is 12.5. The van der Waals surface area contributed by atoms with E-state index in [0.717, 1.165) is 5.56 Å². The molecular weight excluding hydrogens is 295 g/mol. The average molecular weight is 318 g/mol. The van der Waals surface area contributed by atoms with Crippen LogP contribution in [-0.4, -0.2) is 26.3 Å². The summed E-state index contributed by atoms with van der Waals surface area (Å²) in [5.74, 6) is 0.247. The molecule has 1 rings (SSSR count). The molecule has 0 spiro atoms. The third-order valence-corrected chi connectivity index (χ3v) is 3.04. The average Bonchev–Trinajstić information content (AvgIpc) is 2.40. The van der Waals surface area contributed by atoms with Crippen LogP contribution in [0.25, 0.3) is 0 Å². The van der Waals surface area contributed by atoms with Crippen molar-refractivity contribution in [1.29, 1.82) is 0 Å². The monoisotopic (exact) mass is 318 g/mol. The first-order valence-electron chi connectivity index (χ1n) is 6.59. The highest BCUT2D eigenvalue weighted by molar-refractivity contribution is 7.33. The van der Waals surface area contributed by atoms with Gasteiger partial charge in [-0.05, 0) is 31.5 Å². The molecule has 0 aliphatic heterocycles. The van der Waals surface area contributed by atoms with E-state index in [4.69, 9.17) is 9.47 Å². The summed E-state index contributed by atoms with van der Waals surface area (Å²) in [5, 5.41) is 0. The van der Waals surface area contributed by atoms with E-state index in [1.807, 2.05) is 12.1 Å². The van der Waals surface area contributed by atoms with Gasteiger partial charge >= 0.3 is 14.2 Å². The molecular formula is C14H23O6P. The summed E-state index contributed by atoms with van der Waals surface area (Å²) in [7, 11) is -0.518. The molecule has 6 nitrogen and oxygen atoms in total. The van der Waals surface area contributed by atoms with Gasteiger partial charge in [-0.1, -0.05) is 12.1 Å². The van der Waals surface area contributed by atoms with Gasteiger partial charge in [-0.3, -0.25) is 9.36 Å². The zero-order chi connectivity index (χ0) is 16.1. The molecule has 120 valence electrons. The van der Waals surface area contributed by atoms with Crippen LogP contribution in [0.5, 0.6) is 5.75 Å². The van der Waals surface area contributed by atoms with E-state index < -0.39 is 8.25 Å². The van der Waals surface area contributed by atoms with Gasteiger partial charge in [-0.15, -0.1) is 0 Å². The predicted molar refractivity (Wildman–Crippen MR) is 80.7 cm³/mol. The molecule has 0 saturated heterocycles. The van der Waals surface area contributed by atoms with E-state index in [0.29, 0.717) is 25.6 Å². The van der Waals surface area contributed by atoms with Crippen LogP contribution < -0.4 is 4.74 Å². The number of hydrogen-bond donors (Lipinski definition) is 0. The molecule has 0 atom stereocenters. The molecule has 1 aromatic rings. The summed E-state index contributed by atoms with van der Waals surface area (Å²) in [6, 6.07) is 7.26. The van der Waals surface area contributed by atoms with Gasteiger partial charge in [0, 0.05) is 14.0 Å². The fourth-order valence-electron chi connectivity index (χ4n) is 1.31. The van der Waals surface area contributed by atoms with E-state index in [2.05, 4.69) is 9.05 Å². The smallest absolute Gasteiger partial charge is 0.319 e. The maximum Gasteiger partial charge on any atom is 0.319 e. The van der Waals surface area contributed by atoms with Gasteiger partial charge in [0.15, 0.2) is 0 Å². The lowest BCUT2D eigenvalue weighted by atomic mass is 10.2. The lowest BCUT2D eigenvalue weighted by Crippen LogP contribution is -2.01. The normalized spacial score (nSPS) is 9.95. The molecule has 0 aliphatic carbocycles. The number of carbonyl (C=O) groups excluding carboxylic acids is 1. The van der Waals surface area contributed by atoms with Gasteiger partial charge < -0.3 is 18.5 Å². The van der Waals surface area contributed by atoms with Crippen LogP contribution in [0.2, 0.25) is 0 Å². The molecule has 0 amide bonds. The SMILES string of the molecule is CCO[PH](=O)OCC.COCc1cccc(OC(C)=O)c1. The van der Waals surface area contributed by atoms with Crippen molar-refractivity contribution in [3.63, 3.8) is 0 Å². The van der Waals surface area contributed by atoms with E-state index >= 15 is 0 Å². The standard InChI is InChI=1S/C10H12O3.C4H11O3P/c1-8(11)13-10-5-3-4-9(6-10)7-12-2;1-3-6-8(5)7-4-2/h3-6H,7H2,1-2H3;8H,3-4H2,1-2H3. The minimum absolute atomic E-state index is 0.311. The Balaban J connectivity index is 0.000000433. The van der Waals surface area contributed by atoms with E-state index in [1.54, 1.807) is 33.1 Å². The lowest BCUT2D eigenvalue weighted by Gasteiger charge is -2.03. The second-order valence-electron chi connectivity index (χ2n) is 3.79. The Morgan fingerprint density at radius 1 is 1.19 bits per heavy atom. The summed E-state index contributed by atoms with van der Waals surface area (Å²) in [6.45, 7) is 6.37. The van der Waals surface area contributed by atoms with Crippen LogP contribution in [0.15, 0.2) is 24.3 Å². The van der Waals surface area contributed by atoms with Gasteiger partial charge in [0.1, 0.15) is 5.75 Å². The number of ether oxygens (including phenoxy) is 2.